The number of esters is 1. The lowest BCUT2D eigenvalue weighted by Crippen LogP contribution is -2.21. The van der Waals surface area contributed by atoms with Crippen LogP contribution in [0.4, 0.5) is 0 Å². The zero-order chi connectivity index (χ0) is 14.8. The van der Waals surface area contributed by atoms with Crippen molar-refractivity contribution in [3.05, 3.63) is 29.8 Å². The molecule has 0 amide bonds. The van der Waals surface area contributed by atoms with E-state index >= 15 is 0 Å². The molecule has 1 saturated heterocycles. The Morgan fingerprint density at radius 2 is 2.00 bits per heavy atom. The highest BCUT2D eigenvalue weighted by atomic mass is 32.2. The number of sulfonamides is 1. The Bertz CT molecular complexity index is 580. The Kier molecular flexibility index (Phi) is 4.45. The van der Waals surface area contributed by atoms with Crippen LogP contribution in [0.2, 0.25) is 0 Å². The Balaban J connectivity index is 1.99. The number of nitrogens with zero attached hydrogens (tertiary/aromatic N) is 1. The van der Waals surface area contributed by atoms with Crippen molar-refractivity contribution in [3.8, 4) is 0 Å². The highest BCUT2D eigenvalue weighted by Gasteiger charge is 2.50. The molecule has 1 aliphatic heterocycles. The number of benzene rings is 1. The van der Waals surface area contributed by atoms with Crippen molar-refractivity contribution in [1.29, 1.82) is 0 Å². The first-order valence-electron chi connectivity index (χ1n) is 6.72. The molecule has 110 valence electrons. The summed E-state index contributed by atoms with van der Waals surface area (Å²) in [6, 6.07) is 5.94. The van der Waals surface area contributed by atoms with Crippen molar-refractivity contribution in [1.82, 2.24) is 4.31 Å². The third-order valence-corrected chi connectivity index (χ3v) is 5.10. The van der Waals surface area contributed by atoms with E-state index in [1.165, 1.54) is 4.31 Å². The summed E-state index contributed by atoms with van der Waals surface area (Å²) < 4.78 is 30.8. The lowest BCUT2D eigenvalue weighted by molar-refractivity contribution is -0.143. The van der Waals surface area contributed by atoms with Crippen LogP contribution in [0.1, 0.15) is 25.3 Å². The molecule has 0 radical (unpaired) electrons. The fourth-order valence-corrected chi connectivity index (χ4v) is 3.35. The summed E-state index contributed by atoms with van der Waals surface area (Å²) in [6.07, 6.45) is 1.73. The average Bonchev–Trinajstić information content (AvgIpc) is 3.20. The molecule has 1 aromatic carbocycles. The van der Waals surface area contributed by atoms with Crippen LogP contribution < -0.4 is 0 Å². The number of unbranched alkanes of at least 4 members (excludes halogenated alkanes) is 1. The number of carbonyl (C=O) groups excluding carboxylic acids is 1. The van der Waals surface area contributed by atoms with Gasteiger partial charge in [-0.2, -0.15) is 4.31 Å². The van der Waals surface area contributed by atoms with Crippen LogP contribution in [0, 0.1) is 6.92 Å². The maximum atomic E-state index is 12.3. The summed E-state index contributed by atoms with van der Waals surface area (Å²) in [6.45, 7) is 4.45. The molecule has 2 rings (SSSR count). The quantitative estimate of drug-likeness (QED) is 0.455. The Labute approximate surface area is 119 Å². The summed E-state index contributed by atoms with van der Waals surface area (Å²) in [5.74, 6) is -0.450. The standard InChI is InChI=1S/C14H19NO4S/c1-3-4-9-19-14(16)13-10-15(13)20(17,18)12-7-5-11(2)6-8-12/h5-8,13H,3-4,9-10H2,1-2H3. The highest BCUT2D eigenvalue weighted by Crippen LogP contribution is 2.29. The minimum atomic E-state index is -3.57. The van der Waals surface area contributed by atoms with Gasteiger partial charge in [-0.05, 0) is 25.5 Å². The summed E-state index contributed by atoms with van der Waals surface area (Å²) >= 11 is 0. The van der Waals surface area contributed by atoms with Crippen LogP contribution in [0.15, 0.2) is 29.2 Å². The number of aryl methyl sites for hydroxylation is 1. The van der Waals surface area contributed by atoms with E-state index in [0.29, 0.717) is 6.61 Å². The van der Waals surface area contributed by atoms with E-state index in [0.717, 1.165) is 18.4 Å². The van der Waals surface area contributed by atoms with Crippen LogP contribution in [0.25, 0.3) is 0 Å². The Morgan fingerprint density at radius 1 is 1.35 bits per heavy atom. The Hall–Kier alpha value is -1.40. The third-order valence-electron chi connectivity index (χ3n) is 3.21. The second-order valence-electron chi connectivity index (χ2n) is 4.92. The van der Waals surface area contributed by atoms with E-state index in [-0.39, 0.29) is 11.4 Å². The molecule has 0 spiro atoms. The van der Waals surface area contributed by atoms with Gasteiger partial charge in [-0.1, -0.05) is 31.0 Å². The van der Waals surface area contributed by atoms with E-state index in [9.17, 15) is 13.2 Å². The molecule has 2 unspecified atom stereocenters. The van der Waals surface area contributed by atoms with Crippen molar-refractivity contribution in [2.75, 3.05) is 13.2 Å². The number of carbonyl (C=O) groups is 1. The molecule has 1 aliphatic rings. The second-order valence-corrected chi connectivity index (χ2v) is 6.82. The number of hydrogen-bond donors (Lipinski definition) is 0. The van der Waals surface area contributed by atoms with Gasteiger partial charge in [0.2, 0.25) is 10.0 Å². The number of ether oxygens (including phenoxy) is 1. The second kappa shape index (κ2) is 5.93. The van der Waals surface area contributed by atoms with Crippen molar-refractivity contribution >= 4 is 16.0 Å². The first-order valence-corrected chi connectivity index (χ1v) is 8.16. The van der Waals surface area contributed by atoms with E-state index < -0.39 is 22.0 Å². The predicted octanol–water partition coefficient (Wildman–Crippen LogP) is 1.71. The molecule has 0 bridgehead atoms. The topological polar surface area (TPSA) is 63.5 Å². The fourth-order valence-electron chi connectivity index (χ4n) is 1.84. The number of rotatable bonds is 6. The summed E-state index contributed by atoms with van der Waals surface area (Å²) in [7, 11) is -3.57. The van der Waals surface area contributed by atoms with Crippen LogP contribution in [0.5, 0.6) is 0 Å². The van der Waals surface area contributed by atoms with Gasteiger partial charge >= 0.3 is 5.97 Å². The minimum Gasteiger partial charge on any atom is -0.464 e. The van der Waals surface area contributed by atoms with Crippen LogP contribution in [0.3, 0.4) is 0 Å². The largest absolute Gasteiger partial charge is 0.464 e. The van der Waals surface area contributed by atoms with Gasteiger partial charge in [0, 0.05) is 6.54 Å². The maximum absolute atomic E-state index is 12.3. The van der Waals surface area contributed by atoms with Crippen molar-refractivity contribution in [3.63, 3.8) is 0 Å². The minimum absolute atomic E-state index is 0.209. The molecule has 20 heavy (non-hydrogen) atoms. The molecule has 5 nitrogen and oxygen atoms in total. The molecular formula is C14H19NO4S. The van der Waals surface area contributed by atoms with Gasteiger partial charge in [-0.15, -0.1) is 0 Å². The van der Waals surface area contributed by atoms with Crippen molar-refractivity contribution < 1.29 is 17.9 Å². The van der Waals surface area contributed by atoms with Gasteiger partial charge in [0.1, 0.15) is 6.04 Å². The molecule has 0 N–H and O–H groups in total. The van der Waals surface area contributed by atoms with Gasteiger partial charge in [0.25, 0.3) is 0 Å². The number of hydrogen-bond acceptors (Lipinski definition) is 4. The fraction of sp³-hybridized carbons (Fsp3) is 0.500. The molecule has 6 heteroatoms. The zero-order valence-electron chi connectivity index (χ0n) is 11.7. The highest BCUT2D eigenvalue weighted by molar-refractivity contribution is 7.89. The molecule has 0 aliphatic carbocycles. The normalized spacial score (nSPS) is 21.5. The summed E-state index contributed by atoms with van der Waals surface area (Å²) in [5, 5.41) is 0. The average molecular weight is 297 g/mol. The molecule has 1 heterocycles. The smallest absolute Gasteiger partial charge is 0.325 e. The van der Waals surface area contributed by atoms with Crippen molar-refractivity contribution in [2.45, 2.75) is 37.6 Å². The van der Waals surface area contributed by atoms with E-state index in [1.807, 2.05) is 13.8 Å². The SMILES string of the molecule is CCCCOC(=O)C1CN1S(=O)(=O)c1ccc(C)cc1. The van der Waals surface area contributed by atoms with Crippen molar-refractivity contribution in [2.24, 2.45) is 0 Å². The van der Waals surface area contributed by atoms with Gasteiger partial charge < -0.3 is 4.74 Å². The van der Waals surface area contributed by atoms with E-state index in [1.54, 1.807) is 24.3 Å². The molecule has 2 atom stereocenters. The van der Waals surface area contributed by atoms with Crippen LogP contribution >= 0.6 is 0 Å². The van der Waals surface area contributed by atoms with Gasteiger partial charge in [0.05, 0.1) is 11.5 Å². The van der Waals surface area contributed by atoms with Gasteiger partial charge in [0.15, 0.2) is 0 Å². The van der Waals surface area contributed by atoms with E-state index in [4.69, 9.17) is 4.74 Å². The van der Waals surface area contributed by atoms with Crippen LogP contribution in [-0.2, 0) is 19.6 Å². The molecule has 1 aromatic rings. The molecule has 0 saturated carbocycles. The zero-order valence-corrected chi connectivity index (χ0v) is 12.5. The first-order chi connectivity index (χ1) is 9.46. The predicted molar refractivity (Wildman–Crippen MR) is 74.7 cm³/mol. The monoisotopic (exact) mass is 297 g/mol. The lowest BCUT2D eigenvalue weighted by atomic mass is 10.2. The third kappa shape index (κ3) is 3.19. The molecule has 0 aromatic heterocycles. The van der Waals surface area contributed by atoms with E-state index in [2.05, 4.69) is 0 Å². The lowest BCUT2D eigenvalue weighted by Gasteiger charge is -2.07. The molecular weight excluding hydrogens is 278 g/mol. The molecule has 1 fully saturated rings. The van der Waals surface area contributed by atoms with Gasteiger partial charge in [-0.3, -0.25) is 4.79 Å². The first kappa shape index (κ1) is 15.0. The summed E-state index contributed by atoms with van der Waals surface area (Å²) in [4.78, 5) is 11.9. The Morgan fingerprint density at radius 3 is 2.60 bits per heavy atom. The van der Waals surface area contributed by atoms with Gasteiger partial charge in [-0.25, -0.2) is 8.42 Å². The summed E-state index contributed by atoms with van der Waals surface area (Å²) in [5.41, 5.74) is 0.991. The van der Waals surface area contributed by atoms with Crippen LogP contribution in [-0.4, -0.2) is 37.9 Å². The maximum Gasteiger partial charge on any atom is 0.325 e.